The molecule has 0 aliphatic carbocycles. The van der Waals surface area contributed by atoms with Crippen LogP contribution < -0.4 is 15.5 Å². The minimum absolute atomic E-state index is 0.0891. The fourth-order valence-corrected chi connectivity index (χ4v) is 3.05. The molecule has 1 heterocycles. The zero-order valence-corrected chi connectivity index (χ0v) is 15.8. The Hall–Kier alpha value is -2.57. The van der Waals surface area contributed by atoms with Gasteiger partial charge in [-0.15, -0.1) is 0 Å². The number of amides is 3. The minimum Gasteiger partial charge on any atom is -0.343 e. The van der Waals surface area contributed by atoms with Gasteiger partial charge in [-0.25, -0.2) is 0 Å². The summed E-state index contributed by atoms with van der Waals surface area (Å²) in [5, 5.41) is 5.90. The molecule has 0 saturated carbocycles. The predicted octanol–water partition coefficient (Wildman–Crippen LogP) is 3.49. The first-order valence-electron chi connectivity index (χ1n) is 8.37. The Bertz CT molecular complexity index is 884. The molecule has 0 unspecified atom stereocenters. The van der Waals surface area contributed by atoms with Gasteiger partial charge in [0.25, 0.3) is 5.91 Å². The van der Waals surface area contributed by atoms with Gasteiger partial charge in [-0.05, 0) is 48.9 Å². The van der Waals surface area contributed by atoms with E-state index in [4.69, 9.17) is 23.2 Å². The third-order valence-electron chi connectivity index (χ3n) is 4.13. The van der Waals surface area contributed by atoms with Crippen LogP contribution >= 0.6 is 23.2 Å². The van der Waals surface area contributed by atoms with Crippen molar-refractivity contribution in [2.75, 3.05) is 23.3 Å². The normalized spacial score (nSPS) is 13.6. The van der Waals surface area contributed by atoms with Crippen LogP contribution in [0.5, 0.6) is 0 Å². The lowest BCUT2D eigenvalue weighted by molar-refractivity contribution is -0.117. The first-order chi connectivity index (χ1) is 12.9. The van der Waals surface area contributed by atoms with Gasteiger partial charge in [0.05, 0.1) is 16.6 Å². The maximum absolute atomic E-state index is 12.2. The molecule has 3 amide bonds. The average molecular weight is 406 g/mol. The first-order valence-corrected chi connectivity index (χ1v) is 9.13. The third-order valence-corrected chi connectivity index (χ3v) is 4.87. The molecule has 1 saturated heterocycles. The van der Waals surface area contributed by atoms with Gasteiger partial charge in [0, 0.05) is 29.9 Å². The van der Waals surface area contributed by atoms with Crippen LogP contribution in [0.15, 0.2) is 42.5 Å². The van der Waals surface area contributed by atoms with Gasteiger partial charge in [-0.1, -0.05) is 23.2 Å². The topological polar surface area (TPSA) is 78.5 Å². The fraction of sp³-hybridized carbons (Fsp3) is 0.211. The molecule has 140 valence electrons. The van der Waals surface area contributed by atoms with Gasteiger partial charge < -0.3 is 15.5 Å². The highest BCUT2D eigenvalue weighted by molar-refractivity contribution is 6.42. The van der Waals surface area contributed by atoms with Gasteiger partial charge in [0.2, 0.25) is 11.8 Å². The molecule has 2 aromatic rings. The van der Waals surface area contributed by atoms with Crippen molar-refractivity contribution in [3.05, 3.63) is 58.1 Å². The quantitative estimate of drug-likeness (QED) is 0.798. The summed E-state index contributed by atoms with van der Waals surface area (Å²) >= 11 is 11.7. The zero-order valence-electron chi connectivity index (χ0n) is 14.3. The monoisotopic (exact) mass is 405 g/mol. The van der Waals surface area contributed by atoms with Gasteiger partial charge in [0.1, 0.15) is 0 Å². The smallest absolute Gasteiger partial charge is 0.251 e. The lowest BCUT2D eigenvalue weighted by Crippen LogP contribution is -2.32. The summed E-state index contributed by atoms with van der Waals surface area (Å²) < 4.78 is 0. The summed E-state index contributed by atoms with van der Waals surface area (Å²) in [5.41, 5.74) is 1.67. The van der Waals surface area contributed by atoms with E-state index in [1.54, 1.807) is 41.3 Å². The van der Waals surface area contributed by atoms with Crippen molar-refractivity contribution < 1.29 is 14.4 Å². The van der Waals surface area contributed by atoms with Crippen molar-refractivity contribution in [3.8, 4) is 0 Å². The SMILES string of the molecule is O=C(CNC(=O)c1ccc(N2CCCC2=O)cc1)Nc1ccc(Cl)c(Cl)c1. The maximum Gasteiger partial charge on any atom is 0.251 e. The number of rotatable bonds is 5. The number of nitrogens with zero attached hydrogens (tertiary/aromatic N) is 1. The molecule has 0 spiro atoms. The van der Waals surface area contributed by atoms with Crippen LogP contribution in [-0.4, -0.2) is 30.8 Å². The van der Waals surface area contributed by atoms with Crippen LogP contribution in [0.1, 0.15) is 23.2 Å². The van der Waals surface area contributed by atoms with Crippen molar-refractivity contribution in [2.24, 2.45) is 0 Å². The molecule has 2 N–H and O–H groups in total. The second kappa shape index (κ2) is 8.41. The molecule has 1 fully saturated rings. The molecule has 8 heteroatoms. The summed E-state index contributed by atoms with van der Waals surface area (Å²) in [7, 11) is 0. The Morgan fingerprint density at radius 1 is 1.04 bits per heavy atom. The van der Waals surface area contributed by atoms with Crippen LogP contribution in [0.2, 0.25) is 10.0 Å². The largest absolute Gasteiger partial charge is 0.343 e. The van der Waals surface area contributed by atoms with Gasteiger partial charge in [-0.3, -0.25) is 14.4 Å². The van der Waals surface area contributed by atoms with Crippen molar-refractivity contribution in [3.63, 3.8) is 0 Å². The highest BCUT2D eigenvalue weighted by Crippen LogP contribution is 2.25. The number of nitrogens with one attached hydrogen (secondary N) is 2. The van der Waals surface area contributed by atoms with Crippen LogP contribution in [0, 0.1) is 0 Å². The molecule has 1 aliphatic heterocycles. The number of hydrogen-bond acceptors (Lipinski definition) is 3. The number of anilines is 2. The second-order valence-electron chi connectivity index (χ2n) is 6.06. The third kappa shape index (κ3) is 4.78. The van der Waals surface area contributed by atoms with E-state index >= 15 is 0 Å². The molecule has 3 rings (SSSR count). The lowest BCUT2D eigenvalue weighted by Gasteiger charge is -2.15. The summed E-state index contributed by atoms with van der Waals surface area (Å²) in [5.74, 6) is -0.675. The van der Waals surface area contributed by atoms with E-state index in [-0.39, 0.29) is 24.3 Å². The van der Waals surface area contributed by atoms with Crippen molar-refractivity contribution in [2.45, 2.75) is 12.8 Å². The first kappa shape index (κ1) is 19.2. The molecule has 0 radical (unpaired) electrons. The van der Waals surface area contributed by atoms with Crippen molar-refractivity contribution >= 4 is 52.3 Å². The summed E-state index contributed by atoms with van der Waals surface area (Å²) in [4.78, 5) is 37.6. The van der Waals surface area contributed by atoms with Crippen molar-refractivity contribution in [1.29, 1.82) is 0 Å². The van der Waals surface area contributed by atoms with Crippen LogP contribution in [0.4, 0.5) is 11.4 Å². The number of benzene rings is 2. The van der Waals surface area contributed by atoms with Gasteiger partial charge in [-0.2, -0.15) is 0 Å². The highest BCUT2D eigenvalue weighted by atomic mass is 35.5. The fourth-order valence-electron chi connectivity index (χ4n) is 2.76. The van der Waals surface area contributed by atoms with E-state index < -0.39 is 0 Å². The number of carbonyl (C=O) groups excluding carboxylic acids is 3. The van der Waals surface area contributed by atoms with Crippen molar-refractivity contribution in [1.82, 2.24) is 5.32 Å². The highest BCUT2D eigenvalue weighted by Gasteiger charge is 2.21. The van der Waals surface area contributed by atoms with E-state index in [9.17, 15) is 14.4 Å². The van der Waals surface area contributed by atoms with E-state index in [1.165, 1.54) is 6.07 Å². The van der Waals surface area contributed by atoms with E-state index in [2.05, 4.69) is 10.6 Å². The Morgan fingerprint density at radius 3 is 2.41 bits per heavy atom. The maximum atomic E-state index is 12.2. The molecule has 0 bridgehead atoms. The van der Waals surface area contributed by atoms with Crippen LogP contribution in [0.3, 0.4) is 0 Å². The van der Waals surface area contributed by atoms with Crippen LogP contribution in [-0.2, 0) is 9.59 Å². The molecule has 0 atom stereocenters. The van der Waals surface area contributed by atoms with Gasteiger partial charge >= 0.3 is 0 Å². The zero-order chi connectivity index (χ0) is 19.4. The second-order valence-corrected chi connectivity index (χ2v) is 6.87. The molecule has 1 aliphatic rings. The van der Waals surface area contributed by atoms with Crippen LogP contribution in [0.25, 0.3) is 0 Å². The van der Waals surface area contributed by atoms with E-state index in [1.807, 2.05) is 0 Å². The Morgan fingerprint density at radius 2 is 1.78 bits per heavy atom. The molecular weight excluding hydrogens is 389 g/mol. The predicted molar refractivity (Wildman–Crippen MR) is 105 cm³/mol. The number of carbonyl (C=O) groups is 3. The minimum atomic E-state index is -0.388. The Kier molecular flexibility index (Phi) is 5.98. The molecule has 0 aromatic heterocycles. The number of halogens is 2. The van der Waals surface area contributed by atoms with E-state index in [0.717, 1.165) is 12.1 Å². The molecule has 27 heavy (non-hydrogen) atoms. The van der Waals surface area contributed by atoms with E-state index in [0.29, 0.717) is 34.3 Å². The Balaban J connectivity index is 1.53. The lowest BCUT2D eigenvalue weighted by atomic mass is 10.2. The Labute approximate surface area is 166 Å². The standard InChI is InChI=1S/C19H17Cl2N3O3/c20-15-8-5-13(10-16(15)21)23-17(25)11-22-19(27)12-3-6-14(7-4-12)24-9-1-2-18(24)26/h3-8,10H,1-2,9,11H2,(H,22,27)(H,23,25). The average Bonchev–Trinajstić information content (AvgIpc) is 3.09. The molecule has 2 aromatic carbocycles. The molecular formula is C19H17Cl2N3O3. The summed E-state index contributed by atoms with van der Waals surface area (Å²) in [6, 6.07) is 11.4. The van der Waals surface area contributed by atoms with Gasteiger partial charge in [0.15, 0.2) is 0 Å². The molecule has 6 nitrogen and oxygen atoms in total. The number of hydrogen-bond donors (Lipinski definition) is 2. The summed E-state index contributed by atoms with van der Waals surface area (Å²) in [6.07, 6.45) is 1.39. The summed E-state index contributed by atoms with van der Waals surface area (Å²) in [6.45, 7) is 0.505.